The fourth-order valence-corrected chi connectivity index (χ4v) is 2.03. The molecular formula is C13H17FN2OS. The monoisotopic (exact) mass is 268 g/mol. The van der Waals surface area contributed by atoms with E-state index in [1.165, 1.54) is 31.0 Å². The molecule has 5 heteroatoms. The number of hydrogen-bond donors (Lipinski definition) is 2. The Hall–Kier alpha value is -1.07. The summed E-state index contributed by atoms with van der Waals surface area (Å²) >= 11 is 4.10. The van der Waals surface area contributed by atoms with Crippen LogP contribution in [0.2, 0.25) is 0 Å². The Bertz CT molecular complexity index is 449. The van der Waals surface area contributed by atoms with Gasteiger partial charge in [0.25, 0.3) is 5.91 Å². The number of rotatable bonds is 5. The van der Waals surface area contributed by atoms with Gasteiger partial charge in [0.05, 0.1) is 5.56 Å². The third kappa shape index (κ3) is 3.46. The molecule has 1 N–H and O–H groups in total. The van der Waals surface area contributed by atoms with Gasteiger partial charge >= 0.3 is 0 Å². The molecule has 1 aliphatic rings. The fraction of sp³-hybridized carbons (Fsp3) is 0.462. The van der Waals surface area contributed by atoms with Crippen LogP contribution in [-0.4, -0.2) is 37.0 Å². The first kappa shape index (κ1) is 13.4. The summed E-state index contributed by atoms with van der Waals surface area (Å²) in [5.41, 5.74) is 0.0524. The first-order valence-corrected chi connectivity index (χ1v) is 6.49. The van der Waals surface area contributed by atoms with Crippen LogP contribution in [0.25, 0.3) is 0 Å². The molecule has 18 heavy (non-hydrogen) atoms. The van der Waals surface area contributed by atoms with Crippen LogP contribution in [0.5, 0.6) is 0 Å². The number of carbonyl (C=O) groups excluding carboxylic acids is 1. The Morgan fingerprint density at radius 1 is 1.56 bits per heavy atom. The number of amides is 1. The van der Waals surface area contributed by atoms with Crippen molar-refractivity contribution in [3.05, 3.63) is 29.6 Å². The van der Waals surface area contributed by atoms with E-state index in [-0.39, 0.29) is 11.5 Å². The summed E-state index contributed by atoms with van der Waals surface area (Å²) in [6, 6.07) is 4.89. The number of nitrogens with zero attached hydrogens (tertiary/aromatic N) is 1. The van der Waals surface area contributed by atoms with Gasteiger partial charge in [0.2, 0.25) is 0 Å². The second-order valence-corrected chi connectivity index (χ2v) is 5.15. The van der Waals surface area contributed by atoms with Gasteiger partial charge in [-0.05, 0) is 38.1 Å². The van der Waals surface area contributed by atoms with Gasteiger partial charge in [0.15, 0.2) is 0 Å². The third-order valence-corrected chi connectivity index (χ3v) is 3.39. The average molecular weight is 268 g/mol. The molecule has 1 amide bonds. The second-order valence-electron chi connectivity index (χ2n) is 4.63. The Kier molecular flexibility index (Phi) is 4.24. The molecular weight excluding hydrogens is 251 g/mol. The van der Waals surface area contributed by atoms with Crippen molar-refractivity contribution in [3.8, 4) is 0 Å². The highest BCUT2D eigenvalue weighted by atomic mass is 32.1. The normalized spacial score (nSPS) is 14.9. The lowest BCUT2D eigenvalue weighted by Gasteiger charge is -2.15. The molecule has 2 rings (SSSR count). The molecule has 98 valence electrons. The lowest BCUT2D eigenvalue weighted by Crippen LogP contribution is -2.34. The van der Waals surface area contributed by atoms with Crippen molar-refractivity contribution in [2.24, 2.45) is 0 Å². The molecule has 1 saturated carbocycles. The van der Waals surface area contributed by atoms with Crippen LogP contribution in [0.4, 0.5) is 4.39 Å². The summed E-state index contributed by atoms with van der Waals surface area (Å²) < 4.78 is 13.4. The quantitative estimate of drug-likeness (QED) is 0.800. The standard InChI is InChI=1S/C13H17FN2OS/c1-16(9-2-3-9)7-6-15-13(17)11-8-10(18)4-5-12(11)14/h4-5,8-9,18H,2-3,6-7H2,1H3,(H,15,17). The SMILES string of the molecule is CN(CCNC(=O)c1cc(S)ccc1F)C1CC1. The zero-order chi connectivity index (χ0) is 13.1. The second kappa shape index (κ2) is 5.71. The summed E-state index contributed by atoms with van der Waals surface area (Å²) in [5, 5.41) is 2.73. The number of thiol groups is 1. The Labute approximate surface area is 112 Å². The first-order chi connectivity index (χ1) is 8.58. The molecule has 0 aromatic heterocycles. The summed E-state index contributed by atoms with van der Waals surface area (Å²) in [5.74, 6) is -0.895. The number of nitrogens with one attached hydrogen (secondary N) is 1. The van der Waals surface area contributed by atoms with Crippen molar-refractivity contribution in [1.29, 1.82) is 0 Å². The van der Waals surface area contributed by atoms with Crippen molar-refractivity contribution >= 4 is 18.5 Å². The lowest BCUT2D eigenvalue weighted by molar-refractivity contribution is 0.0945. The maximum atomic E-state index is 13.4. The molecule has 0 aliphatic heterocycles. The van der Waals surface area contributed by atoms with Crippen molar-refractivity contribution in [3.63, 3.8) is 0 Å². The van der Waals surface area contributed by atoms with Crippen LogP contribution in [0.3, 0.4) is 0 Å². The molecule has 0 atom stereocenters. The fourth-order valence-electron chi connectivity index (χ4n) is 1.83. The van der Waals surface area contributed by atoms with E-state index >= 15 is 0 Å². The van der Waals surface area contributed by atoms with Crippen LogP contribution < -0.4 is 5.32 Å². The van der Waals surface area contributed by atoms with Gasteiger partial charge in [-0.25, -0.2) is 4.39 Å². The van der Waals surface area contributed by atoms with E-state index in [2.05, 4.69) is 22.8 Å². The van der Waals surface area contributed by atoms with Crippen molar-refractivity contribution < 1.29 is 9.18 Å². The van der Waals surface area contributed by atoms with Gasteiger partial charge in [-0.15, -0.1) is 12.6 Å². The van der Waals surface area contributed by atoms with Gasteiger partial charge in [-0.3, -0.25) is 4.79 Å². The lowest BCUT2D eigenvalue weighted by atomic mass is 10.2. The van der Waals surface area contributed by atoms with Gasteiger partial charge in [-0.1, -0.05) is 0 Å². The highest BCUT2D eigenvalue weighted by Gasteiger charge is 2.25. The number of halogens is 1. The Balaban J connectivity index is 1.85. The maximum absolute atomic E-state index is 13.4. The first-order valence-electron chi connectivity index (χ1n) is 6.05. The summed E-state index contributed by atoms with van der Waals surface area (Å²) in [7, 11) is 2.04. The molecule has 1 aliphatic carbocycles. The molecule has 0 unspecified atom stereocenters. The van der Waals surface area contributed by atoms with E-state index < -0.39 is 5.82 Å². The predicted molar refractivity (Wildman–Crippen MR) is 71.6 cm³/mol. The topological polar surface area (TPSA) is 32.3 Å². The minimum Gasteiger partial charge on any atom is -0.351 e. The average Bonchev–Trinajstić information content (AvgIpc) is 3.16. The molecule has 0 radical (unpaired) electrons. The van der Waals surface area contributed by atoms with Crippen LogP contribution in [0.1, 0.15) is 23.2 Å². The van der Waals surface area contributed by atoms with E-state index in [0.29, 0.717) is 17.5 Å². The van der Waals surface area contributed by atoms with Crippen LogP contribution in [-0.2, 0) is 0 Å². The largest absolute Gasteiger partial charge is 0.351 e. The van der Waals surface area contributed by atoms with Crippen molar-refractivity contribution in [2.45, 2.75) is 23.8 Å². The summed E-state index contributed by atoms with van der Waals surface area (Å²) in [4.78, 5) is 14.6. The van der Waals surface area contributed by atoms with E-state index in [4.69, 9.17) is 0 Å². The summed E-state index contributed by atoms with van der Waals surface area (Å²) in [6.45, 7) is 1.32. The smallest absolute Gasteiger partial charge is 0.254 e. The zero-order valence-electron chi connectivity index (χ0n) is 10.3. The van der Waals surface area contributed by atoms with E-state index in [9.17, 15) is 9.18 Å². The number of likely N-dealkylation sites (N-methyl/N-ethyl adjacent to an activating group) is 1. The molecule has 0 saturated heterocycles. The molecule has 0 spiro atoms. The molecule has 0 heterocycles. The molecule has 1 aromatic carbocycles. The molecule has 3 nitrogen and oxygen atoms in total. The van der Waals surface area contributed by atoms with E-state index in [1.807, 2.05) is 7.05 Å². The molecule has 1 aromatic rings. The minimum atomic E-state index is -0.513. The molecule has 1 fully saturated rings. The van der Waals surface area contributed by atoms with Crippen LogP contribution in [0.15, 0.2) is 23.1 Å². The Morgan fingerprint density at radius 3 is 2.94 bits per heavy atom. The summed E-state index contributed by atoms with van der Waals surface area (Å²) in [6.07, 6.45) is 2.47. The van der Waals surface area contributed by atoms with E-state index in [0.717, 1.165) is 6.54 Å². The third-order valence-electron chi connectivity index (χ3n) is 3.11. The number of hydrogen-bond acceptors (Lipinski definition) is 3. The van der Waals surface area contributed by atoms with Crippen LogP contribution in [0, 0.1) is 5.82 Å². The van der Waals surface area contributed by atoms with Crippen LogP contribution >= 0.6 is 12.6 Å². The minimum absolute atomic E-state index is 0.0524. The Morgan fingerprint density at radius 2 is 2.28 bits per heavy atom. The predicted octanol–water partition coefficient (Wildman–Crippen LogP) is 1.94. The highest BCUT2D eigenvalue weighted by Crippen LogP contribution is 2.24. The van der Waals surface area contributed by atoms with Crippen molar-refractivity contribution in [2.75, 3.05) is 20.1 Å². The highest BCUT2D eigenvalue weighted by molar-refractivity contribution is 7.80. The van der Waals surface area contributed by atoms with Gasteiger partial charge in [-0.2, -0.15) is 0 Å². The maximum Gasteiger partial charge on any atom is 0.254 e. The van der Waals surface area contributed by atoms with E-state index in [1.54, 1.807) is 0 Å². The van der Waals surface area contributed by atoms with Gasteiger partial charge < -0.3 is 10.2 Å². The number of carbonyl (C=O) groups is 1. The molecule has 0 bridgehead atoms. The zero-order valence-corrected chi connectivity index (χ0v) is 11.2. The number of benzene rings is 1. The van der Waals surface area contributed by atoms with Gasteiger partial charge in [0, 0.05) is 24.0 Å². The van der Waals surface area contributed by atoms with Gasteiger partial charge in [0.1, 0.15) is 5.82 Å². The van der Waals surface area contributed by atoms with Crippen molar-refractivity contribution in [1.82, 2.24) is 10.2 Å².